The summed E-state index contributed by atoms with van der Waals surface area (Å²) in [7, 11) is 0. The van der Waals surface area contributed by atoms with Crippen LogP contribution in [0, 0.1) is 12.8 Å². The normalized spacial score (nSPS) is 14.7. The minimum atomic E-state index is -0.174. The summed E-state index contributed by atoms with van der Waals surface area (Å²) in [4.78, 5) is 30.6. The van der Waals surface area contributed by atoms with Crippen molar-refractivity contribution in [2.75, 3.05) is 30.7 Å². The molecule has 2 heterocycles. The van der Waals surface area contributed by atoms with Crippen LogP contribution < -0.4 is 11.1 Å². The van der Waals surface area contributed by atoms with E-state index in [0.29, 0.717) is 0 Å². The van der Waals surface area contributed by atoms with Crippen LogP contribution in [0.4, 0.5) is 5.69 Å². The van der Waals surface area contributed by atoms with Gasteiger partial charge in [-0.05, 0) is 68.6 Å². The summed E-state index contributed by atoms with van der Waals surface area (Å²) in [5.74, 6) is 0.0766. The largest absolute Gasteiger partial charge is 0.369 e. The number of amides is 2. The van der Waals surface area contributed by atoms with Crippen LogP contribution in [0.1, 0.15) is 24.0 Å². The summed E-state index contributed by atoms with van der Waals surface area (Å²) < 4.78 is 2.01. The number of hydrogen-bond acceptors (Lipinski definition) is 5. The summed E-state index contributed by atoms with van der Waals surface area (Å²) in [6.07, 6.45) is 6.31. The summed E-state index contributed by atoms with van der Waals surface area (Å²) in [5.41, 5.74) is 9.65. The number of nitrogens with one attached hydrogen (secondary N) is 1. The van der Waals surface area contributed by atoms with E-state index in [0.717, 1.165) is 61.0 Å². The molecule has 1 aromatic heterocycles. The van der Waals surface area contributed by atoms with Crippen LogP contribution in [0.15, 0.2) is 66.1 Å². The van der Waals surface area contributed by atoms with Crippen LogP contribution in [0.2, 0.25) is 0 Å². The number of aromatic nitrogens is 2. The number of hydrogen-bond donors (Lipinski definition) is 2. The fraction of sp³-hybridized carbons (Fsp3) is 0.346. The van der Waals surface area contributed by atoms with E-state index in [9.17, 15) is 9.59 Å². The fourth-order valence-corrected chi connectivity index (χ4v) is 4.99. The first kappa shape index (κ1) is 24.0. The van der Waals surface area contributed by atoms with Crippen LogP contribution in [0.3, 0.4) is 0 Å². The molecule has 1 saturated heterocycles. The monoisotopic (exact) mass is 477 g/mol. The Morgan fingerprint density at radius 1 is 1.12 bits per heavy atom. The van der Waals surface area contributed by atoms with Gasteiger partial charge >= 0.3 is 0 Å². The second kappa shape index (κ2) is 11.4. The predicted octanol–water partition coefficient (Wildman–Crippen LogP) is 3.65. The molecule has 3 N–H and O–H groups in total. The van der Waals surface area contributed by atoms with E-state index in [1.807, 2.05) is 41.1 Å². The highest BCUT2D eigenvalue weighted by molar-refractivity contribution is 7.99. The fourth-order valence-electron chi connectivity index (χ4n) is 4.22. The maximum absolute atomic E-state index is 12.5. The van der Waals surface area contributed by atoms with Gasteiger partial charge in [0.05, 0.1) is 11.4 Å². The Bertz CT molecular complexity index is 1120. The molecule has 1 aliphatic heterocycles. The Hall–Kier alpha value is -3.10. The zero-order valence-corrected chi connectivity index (χ0v) is 20.3. The van der Waals surface area contributed by atoms with Gasteiger partial charge in [-0.1, -0.05) is 42.1 Å². The van der Waals surface area contributed by atoms with E-state index in [4.69, 9.17) is 5.73 Å². The number of carbonyl (C=O) groups excluding carboxylic acids is 2. The van der Waals surface area contributed by atoms with E-state index in [-0.39, 0.29) is 23.5 Å². The number of carbonyl (C=O) groups is 2. The lowest BCUT2D eigenvalue weighted by Crippen LogP contribution is -2.39. The number of thioether (sulfide) groups is 1. The van der Waals surface area contributed by atoms with Gasteiger partial charge in [0.15, 0.2) is 5.16 Å². The van der Waals surface area contributed by atoms with Crippen LogP contribution in [0.5, 0.6) is 0 Å². The van der Waals surface area contributed by atoms with Gasteiger partial charge in [-0.25, -0.2) is 4.98 Å². The van der Waals surface area contributed by atoms with Gasteiger partial charge in [0.1, 0.15) is 0 Å². The molecular formula is C26H31N5O2S. The molecule has 2 amide bonds. The molecule has 178 valence electrons. The predicted molar refractivity (Wildman–Crippen MR) is 136 cm³/mol. The number of likely N-dealkylation sites (tertiary alicyclic amines) is 1. The Morgan fingerprint density at radius 2 is 1.85 bits per heavy atom. The molecule has 0 radical (unpaired) electrons. The van der Waals surface area contributed by atoms with E-state index in [1.165, 1.54) is 17.3 Å². The van der Waals surface area contributed by atoms with Crippen LogP contribution in [0.25, 0.3) is 5.69 Å². The molecule has 0 unspecified atom stereocenters. The average Bonchev–Trinajstić information content (AvgIpc) is 3.31. The van der Waals surface area contributed by atoms with Crippen molar-refractivity contribution < 1.29 is 9.59 Å². The van der Waals surface area contributed by atoms with Gasteiger partial charge in [-0.2, -0.15) is 0 Å². The lowest BCUT2D eigenvalue weighted by atomic mass is 9.96. The quantitative estimate of drug-likeness (QED) is 0.459. The van der Waals surface area contributed by atoms with Crippen molar-refractivity contribution in [3.63, 3.8) is 0 Å². The first-order chi connectivity index (χ1) is 16.5. The Morgan fingerprint density at radius 3 is 2.56 bits per heavy atom. The highest BCUT2D eigenvalue weighted by Gasteiger charge is 2.22. The smallest absolute Gasteiger partial charge is 0.234 e. The maximum atomic E-state index is 12.5. The zero-order valence-electron chi connectivity index (χ0n) is 19.4. The number of anilines is 1. The molecule has 8 heteroatoms. The van der Waals surface area contributed by atoms with Crippen LogP contribution in [-0.4, -0.2) is 51.7 Å². The molecule has 0 aliphatic carbocycles. The summed E-state index contributed by atoms with van der Waals surface area (Å²) in [6, 6.07) is 16.1. The number of rotatable bonds is 9. The molecule has 34 heavy (non-hydrogen) atoms. The molecule has 0 atom stereocenters. The van der Waals surface area contributed by atoms with E-state index in [1.54, 1.807) is 6.20 Å². The van der Waals surface area contributed by atoms with Gasteiger partial charge in [0.25, 0.3) is 0 Å². The Balaban J connectivity index is 1.23. The van der Waals surface area contributed by atoms with Crippen molar-refractivity contribution in [2.24, 2.45) is 11.7 Å². The number of benzene rings is 2. The number of imidazole rings is 1. The second-order valence-corrected chi connectivity index (χ2v) is 9.61. The zero-order chi connectivity index (χ0) is 23.9. The number of nitrogens with zero attached hydrogens (tertiary/aromatic N) is 3. The van der Waals surface area contributed by atoms with Crippen molar-refractivity contribution in [3.05, 3.63) is 72.1 Å². The van der Waals surface area contributed by atoms with Crippen molar-refractivity contribution >= 4 is 29.3 Å². The van der Waals surface area contributed by atoms with E-state index < -0.39 is 0 Å². The molecular weight excluding hydrogens is 446 g/mol. The third-order valence-electron chi connectivity index (χ3n) is 6.26. The lowest BCUT2D eigenvalue weighted by Gasteiger charge is -2.30. The maximum Gasteiger partial charge on any atom is 0.234 e. The van der Waals surface area contributed by atoms with Crippen molar-refractivity contribution in [1.82, 2.24) is 14.5 Å². The summed E-state index contributed by atoms with van der Waals surface area (Å²) >= 11 is 1.42. The highest BCUT2D eigenvalue weighted by atomic mass is 32.2. The number of nitrogens with two attached hydrogens (primary N) is 1. The molecule has 7 nitrogen and oxygen atoms in total. The van der Waals surface area contributed by atoms with Gasteiger partial charge in [-0.15, -0.1) is 0 Å². The minimum absolute atomic E-state index is 0.0276. The SMILES string of the molecule is Cc1ccccc1-n1ccnc1SCC(=O)Nc1ccc(CCN2CCC(C(N)=O)CC2)cc1. The molecule has 0 saturated carbocycles. The average molecular weight is 478 g/mol. The molecule has 4 rings (SSSR count). The number of primary amides is 1. The second-order valence-electron chi connectivity index (χ2n) is 8.67. The third-order valence-corrected chi connectivity index (χ3v) is 7.23. The van der Waals surface area contributed by atoms with Crippen molar-refractivity contribution in [2.45, 2.75) is 31.3 Å². The molecule has 0 bridgehead atoms. The molecule has 1 fully saturated rings. The standard InChI is InChI=1S/C26H31N5O2S/c1-19-4-2-3-5-23(19)31-17-13-28-26(31)34-18-24(32)29-22-8-6-20(7-9-22)10-14-30-15-11-21(12-16-30)25(27)33/h2-9,13,17,21H,10-12,14-16,18H2,1H3,(H2,27,33)(H,29,32). The molecule has 0 spiro atoms. The summed E-state index contributed by atoms with van der Waals surface area (Å²) in [5, 5.41) is 3.76. The first-order valence-corrected chi connectivity index (χ1v) is 12.6. The Labute approximate surface area is 204 Å². The summed E-state index contributed by atoms with van der Waals surface area (Å²) in [6.45, 7) is 4.86. The van der Waals surface area contributed by atoms with Crippen molar-refractivity contribution in [3.8, 4) is 5.69 Å². The molecule has 3 aromatic rings. The number of piperidine rings is 1. The van der Waals surface area contributed by atoms with Gasteiger partial charge < -0.3 is 16.0 Å². The number of para-hydroxylation sites is 1. The van der Waals surface area contributed by atoms with Gasteiger partial charge in [0, 0.05) is 30.5 Å². The van der Waals surface area contributed by atoms with Gasteiger partial charge in [-0.3, -0.25) is 14.2 Å². The van der Waals surface area contributed by atoms with Crippen LogP contribution >= 0.6 is 11.8 Å². The molecule has 2 aromatic carbocycles. The van der Waals surface area contributed by atoms with E-state index in [2.05, 4.69) is 40.3 Å². The first-order valence-electron chi connectivity index (χ1n) is 11.6. The number of aryl methyl sites for hydroxylation is 1. The van der Waals surface area contributed by atoms with Crippen molar-refractivity contribution in [1.29, 1.82) is 0 Å². The topological polar surface area (TPSA) is 93.2 Å². The van der Waals surface area contributed by atoms with Crippen LogP contribution in [-0.2, 0) is 16.0 Å². The molecule has 1 aliphatic rings. The minimum Gasteiger partial charge on any atom is -0.369 e. The van der Waals surface area contributed by atoms with E-state index >= 15 is 0 Å². The van der Waals surface area contributed by atoms with Gasteiger partial charge in [0.2, 0.25) is 11.8 Å². The highest BCUT2D eigenvalue weighted by Crippen LogP contribution is 2.23. The lowest BCUT2D eigenvalue weighted by molar-refractivity contribution is -0.123. The third kappa shape index (κ3) is 6.27. The Kier molecular flexibility index (Phi) is 8.03.